The molecule has 0 atom stereocenters. The average molecular weight is 597 g/mol. The molecule has 5 N–H and O–H groups in total. The number of furan rings is 1. The molecule has 0 fully saturated rings. The molecule has 4 aromatic rings. The number of rotatable bonds is 7. The molecule has 0 bridgehead atoms. The van der Waals surface area contributed by atoms with Crippen LogP contribution in [0.15, 0.2) is 59.0 Å². The summed E-state index contributed by atoms with van der Waals surface area (Å²) in [6.45, 7) is 4.59. The summed E-state index contributed by atoms with van der Waals surface area (Å²) in [5, 5.41) is 35.0. The zero-order valence-corrected chi connectivity index (χ0v) is 23.8. The molecule has 6 rings (SSSR count). The highest BCUT2D eigenvalue weighted by Crippen LogP contribution is 2.40. The third kappa shape index (κ3) is 5.19. The maximum absolute atomic E-state index is 13.0. The standard InChI is InChI=1S/C19H20N2O5.C14H8O4/c1-10-2-3-11(21-7-6-20-8-9-22)15-14(10)18(25)16-12(23)4-5-13(24)17(16)19(15)26;1-7(15)11-6-10-12(16)8-4-2-3-5-9(8)13(17)14(10)18-11/h2-5,20-24H,6-9H2,1H3;2-6H,1H3. The monoisotopic (exact) mass is 596 g/mol. The van der Waals surface area contributed by atoms with E-state index < -0.39 is 11.6 Å². The summed E-state index contributed by atoms with van der Waals surface area (Å²) in [4.78, 5) is 61.5. The van der Waals surface area contributed by atoms with E-state index in [1.54, 1.807) is 43.3 Å². The summed E-state index contributed by atoms with van der Waals surface area (Å²) in [6, 6.07) is 13.8. The fourth-order valence-corrected chi connectivity index (χ4v) is 5.21. The molecule has 44 heavy (non-hydrogen) atoms. The first-order chi connectivity index (χ1) is 21.1. The quantitative estimate of drug-likeness (QED) is 0.103. The lowest BCUT2D eigenvalue weighted by Gasteiger charge is -2.23. The van der Waals surface area contributed by atoms with Gasteiger partial charge < -0.3 is 30.4 Å². The number of benzene rings is 3. The molecule has 0 spiro atoms. The third-order valence-corrected chi connectivity index (χ3v) is 7.34. The number of ketones is 5. The summed E-state index contributed by atoms with van der Waals surface area (Å²) in [5.41, 5.74) is 2.05. The number of aryl methyl sites for hydroxylation is 1. The minimum atomic E-state index is -0.502. The maximum atomic E-state index is 13.0. The van der Waals surface area contributed by atoms with Gasteiger partial charge >= 0.3 is 0 Å². The lowest BCUT2D eigenvalue weighted by molar-refractivity contribution is 0.0947. The van der Waals surface area contributed by atoms with Crippen LogP contribution in [0.2, 0.25) is 0 Å². The molecular weight excluding hydrogens is 568 g/mol. The summed E-state index contributed by atoms with van der Waals surface area (Å²) >= 11 is 0. The first-order valence-corrected chi connectivity index (χ1v) is 13.7. The topological polar surface area (TPSA) is 183 Å². The number of fused-ring (bicyclic) bond motifs is 4. The molecule has 0 saturated carbocycles. The predicted molar refractivity (Wildman–Crippen MR) is 158 cm³/mol. The van der Waals surface area contributed by atoms with Crippen LogP contribution in [0.1, 0.15) is 86.9 Å². The fourth-order valence-electron chi connectivity index (χ4n) is 5.21. The molecule has 0 aliphatic heterocycles. The van der Waals surface area contributed by atoms with E-state index in [2.05, 4.69) is 10.6 Å². The molecule has 0 radical (unpaired) electrons. The van der Waals surface area contributed by atoms with Crippen LogP contribution in [0.3, 0.4) is 0 Å². The molecule has 0 amide bonds. The third-order valence-electron chi connectivity index (χ3n) is 7.34. The van der Waals surface area contributed by atoms with E-state index in [1.807, 2.05) is 0 Å². The fraction of sp³-hybridized carbons (Fsp3) is 0.182. The number of carbonyl (C=O) groups excluding carboxylic acids is 5. The van der Waals surface area contributed by atoms with Gasteiger partial charge in [-0.25, -0.2) is 0 Å². The van der Waals surface area contributed by atoms with Crippen LogP contribution in [0, 0.1) is 6.92 Å². The summed E-state index contributed by atoms with van der Waals surface area (Å²) in [7, 11) is 0. The SMILES string of the molecule is CC(=O)c1cc2c(o1)C(=O)c1ccccc1C2=O.Cc1ccc(NCCNCCO)c2c1C(=O)c1c(O)ccc(O)c1C2=O. The van der Waals surface area contributed by atoms with Gasteiger partial charge in [-0.2, -0.15) is 0 Å². The Labute approximate surface area is 251 Å². The van der Waals surface area contributed by atoms with E-state index in [0.717, 1.165) is 0 Å². The van der Waals surface area contributed by atoms with Crippen LogP contribution in [0.5, 0.6) is 11.5 Å². The van der Waals surface area contributed by atoms with Crippen molar-refractivity contribution in [3.05, 3.63) is 111 Å². The van der Waals surface area contributed by atoms with Gasteiger partial charge in [0.15, 0.2) is 34.7 Å². The number of anilines is 1. The zero-order valence-electron chi connectivity index (χ0n) is 23.8. The zero-order chi connectivity index (χ0) is 31.7. The van der Waals surface area contributed by atoms with Gasteiger partial charge in [-0.1, -0.05) is 30.3 Å². The molecule has 224 valence electrons. The summed E-state index contributed by atoms with van der Waals surface area (Å²) in [6.07, 6.45) is 0. The van der Waals surface area contributed by atoms with Crippen molar-refractivity contribution in [2.45, 2.75) is 13.8 Å². The highest BCUT2D eigenvalue weighted by atomic mass is 16.4. The Kier molecular flexibility index (Phi) is 8.26. The van der Waals surface area contributed by atoms with Crippen LogP contribution < -0.4 is 10.6 Å². The van der Waals surface area contributed by atoms with Crippen molar-refractivity contribution in [2.75, 3.05) is 31.6 Å². The second-order valence-corrected chi connectivity index (χ2v) is 10.2. The van der Waals surface area contributed by atoms with Crippen LogP contribution in [0.25, 0.3) is 0 Å². The molecule has 2 aliphatic carbocycles. The number of phenols is 2. The Bertz CT molecular complexity index is 1820. The Morgan fingerprint density at radius 3 is 1.95 bits per heavy atom. The Morgan fingerprint density at radius 1 is 0.727 bits per heavy atom. The van der Waals surface area contributed by atoms with E-state index in [-0.39, 0.29) is 74.8 Å². The molecule has 3 aromatic carbocycles. The van der Waals surface area contributed by atoms with Gasteiger partial charge in [0.2, 0.25) is 5.78 Å². The molecule has 1 heterocycles. The van der Waals surface area contributed by atoms with Gasteiger partial charge in [-0.05, 0) is 36.8 Å². The van der Waals surface area contributed by atoms with Gasteiger partial charge in [0, 0.05) is 48.9 Å². The van der Waals surface area contributed by atoms with E-state index in [9.17, 15) is 34.2 Å². The van der Waals surface area contributed by atoms with Gasteiger partial charge in [-0.3, -0.25) is 24.0 Å². The van der Waals surface area contributed by atoms with Gasteiger partial charge in [0.05, 0.1) is 28.9 Å². The lowest BCUT2D eigenvalue weighted by Crippen LogP contribution is -2.27. The first kappa shape index (κ1) is 30.1. The normalized spacial score (nSPS) is 12.9. The van der Waals surface area contributed by atoms with Crippen LogP contribution in [-0.4, -0.2) is 70.5 Å². The molecular formula is C33H28N2O9. The first-order valence-electron chi connectivity index (χ1n) is 13.7. The van der Waals surface area contributed by atoms with Crippen molar-refractivity contribution < 1.29 is 43.7 Å². The number of nitrogens with one attached hydrogen (secondary N) is 2. The molecule has 0 unspecified atom stereocenters. The number of aliphatic hydroxyl groups excluding tert-OH is 1. The second kappa shape index (κ2) is 12.1. The number of aliphatic hydroxyl groups is 1. The van der Waals surface area contributed by atoms with Crippen molar-refractivity contribution in [1.82, 2.24) is 5.32 Å². The molecule has 11 nitrogen and oxygen atoms in total. The van der Waals surface area contributed by atoms with Crippen LogP contribution in [0.4, 0.5) is 5.69 Å². The predicted octanol–water partition coefficient (Wildman–Crippen LogP) is 3.43. The highest BCUT2D eigenvalue weighted by Gasteiger charge is 2.37. The molecule has 2 aliphatic rings. The largest absolute Gasteiger partial charge is 0.507 e. The van der Waals surface area contributed by atoms with Crippen molar-refractivity contribution in [2.24, 2.45) is 0 Å². The minimum Gasteiger partial charge on any atom is -0.507 e. The average Bonchev–Trinajstić information content (AvgIpc) is 3.47. The Hall–Kier alpha value is -5.39. The number of hydrogen-bond acceptors (Lipinski definition) is 11. The van der Waals surface area contributed by atoms with Gasteiger partial charge in [0.1, 0.15) is 11.5 Å². The van der Waals surface area contributed by atoms with Crippen molar-refractivity contribution in [3.8, 4) is 11.5 Å². The van der Waals surface area contributed by atoms with Crippen molar-refractivity contribution in [3.63, 3.8) is 0 Å². The van der Waals surface area contributed by atoms with Crippen LogP contribution in [-0.2, 0) is 0 Å². The minimum absolute atomic E-state index is 0.0342. The van der Waals surface area contributed by atoms with Crippen LogP contribution >= 0.6 is 0 Å². The van der Waals surface area contributed by atoms with Gasteiger partial charge in [-0.15, -0.1) is 0 Å². The van der Waals surface area contributed by atoms with Gasteiger partial charge in [0.25, 0.3) is 0 Å². The Balaban J connectivity index is 0.000000186. The number of Topliss-reactive ketones (excluding diaryl/α,β-unsaturated/α-hetero) is 1. The number of carbonyl (C=O) groups is 5. The molecule has 0 saturated heterocycles. The maximum Gasteiger partial charge on any atom is 0.229 e. The van der Waals surface area contributed by atoms with E-state index in [0.29, 0.717) is 42.0 Å². The van der Waals surface area contributed by atoms with E-state index in [4.69, 9.17) is 9.52 Å². The highest BCUT2D eigenvalue weighted by molar-refractivity contribution is 6.32. The number of hydrogen-bond donors (Lipinski definition) is 5. The van der Waals surface area contributed by atoms with E-state index in [1.165, 1.54) is 25.1 Å². The Morgan fingerprint density at radius 2 is 1.34 bits per heavy atom. The smallest absolute Gasteiger partial charge is 0.229 e. The van der Waals surface area contributed by atoms with Crippen molar-refractivity contribution in [1.29, 1.82) is 0 Å². The molecule has 1 aromatic heterocycles. The van der Waals surface area contributed by atoms with Crippen molar-refractivity contribution >= 4 is 34.6 Å². The second-order valence-electron chi connectivity index (χ2n) is 10.2. The molecule has 11 heteroatoms. The van der Waals surface area contributed by atoms with E-state index >= 15 is 0 Å². The lowest BCUT2D eigenvalue weighted by atomic mass is 9.80. The summed E-state index contributed by atoms with van der Waals surface area (Å²) in [5.74, 6) is -2.59. The number of aromatic hydroxyl groups is 2. The summed E-state index contributed by atoms with van der Waals surface area (Å²) < 4.78 is 5.19. The number of phenolic OH excluding ortho intramolecular Hbond substituents is 2.